The van der Waals surface area contributed by atoms with Gasteiger partial charge in [0.2, 0.25) is 5.91 Å². The van der Waals surface area contributed by atoms with Crippen LogP contribution in [0.5, 0.6) is 0 Å². The van der Waals surface area contributed by atoms with Crippen LogP contribution in [-0.4, -0.2) is 155 Å². The number of nitrogens with zero attached hydrogens (tertiary/aromatic N) is 5. The lowest BCUT2D eigenvalue weighted by atomic mass is 9.71. The SMILES string of the molecule is CCC(=O)N1CCN(CC2(C)CCC(c3ccc(Cl)cc3)=C(CN3CCN(c4ccc(C(=O)NSc5ccc(N[C@H](CCN6CCOCC6)CSc6ccccc6)c(S(=O)(=O)C(F)(F)F)c5)cc4)CC3)C2)CC1. The first-order chi connectivity index (χ1) is 35.1. The molecule has 0 radical (unpaired) electrons. The number of morpholine rings is 1. The lowest BCUT2D eigenvalue weighted by Gasteiger charge is -2.44. The molecule has 3 aliphatic heterocycles. The van der Waals surface area contributed by atoms with Gasteiger partial charge in [0.25, 0.3) is 15.7 Å². The highest BCUT2D eigenvalue weighted by molar-refractivity contribution is 7.99. The molecule has 2 atom stereocenters. The second kappa shape index (κ2) is 25.0. The molecule has 3 saturated heterocycles. The lowest BCUT2D eigenvalue weighted by Crippen LogP contribution is -2.51. The Morgan fingerprint density at radius 3 is 2.18 bits per heavy atom. The summed E-state index contributed by atoms with van der Waals surface area (Å²) in [4.78, 5) is 37.6. The summed E-state index contributed by atoms with van der Waals surface area (Å²) in [5.74, 6) is 0.244. The van der Waals surface area contributed by atoms with Crippen molar-refractivity contribution < 1.29 is 35.9 Å². The number of carbonyl (C=O) groups excluding carboxylic acids is 2. The van der Waals surface area contributed by atoms with E-state index in [0.717, 1.165) is 131 Å². The Morgan fingerprint density at radius 1 is 0.822 bits per heavy atom. The van der Waals surface area contributed by atoms with E-state index < -0.39 is 26.1 Å². The Labute approximate surface area is 442 Å². The molecule has 1 unspecified atom stereocenters. The van der Waals surface area contributed by atoms with Gasteiger partial charge in [-0.3, -0.25) is 29.0 Å². The van der Waals surface area contributed by atoms with Crippen LogP contribution in [0.4, 0.5) is 24.5 Å². The Hall–Kier alpha value is -4.27. The van der Waals surface area contributed by atoms with Crippen molar-refractivity contribution in [1.29, 1.82) is 0 Å². The van der Waals surface area contributed by atoms with Crippen LogP contribution < -0.4 is 14.9 Å². The molecule has 12 nitrogen and oxygen atoms in total. The van der Waals surface area contributed by atoms with E-state index in [9.17, 15) is 31.2 Å². The third kappa shape index (κ3) is 14.8. The number of hydrogen-bond donors (Lipinski definition) is 2. The smallest absolute Gasteiger partial charge is 0.380 e. The van der Waals surface area contributed by atoms with E-state index in [1.165, 1.54) is 40.6 Å². The average molecular weight is 1080 g/mol. The van der Waals surface area contributed by atoms with Crippen molar-refractivity contribution in [3.8, 4) is 0 Å². The predicted octanol–water partition coefficient (Wildman–Crippen LogP) is 9.69. The summed E-state index contributed by atoms with van der Waals surface area (Å²) in [7, 11) is -5.77. The normalized spacial score (nSPS) is 20.2. The number of hydrogen-bond acceptors (Lipinski definition) is 12. The zero-order chi connectivity index (χ0) is 51.6. The second-order valence-electron chi connectivity index (χ2n) is 19.7. The van der Waals surface area contributed by atoms with Gasteiger partial charge >= 0.3 is 5.51 Å². The molecule has 0 bridgehead atoms. The number of benzene rings is 4. The number of carbonyl (C=O) groups is 2. The number of ether oxygens (including phenoxy) is 1. The highest BCUT2D eigenvalue weighted by Gasteiger charge is 2.48. The minimum Gasteiger partial charge on any atom is -0.380 e. The summed E-state index contributed by atoms with van der Waals surface area (Å²) in [6.45, 7) is 16.3. The fraction of sp³-hybridized carbons (Fsp3) is 0.481. The molecular formula is C54H67ClF3N7O5S3. The van der Waals surface area contributed by atoms with Gasteiger partial charge in [-0.25, -0.2) is 8.42 Å². The van der Waals surface area contributed by atoms with Crippen LogP contribution in [0, 0.1) is 5.41 Å². The average Bonchev–Trinajstić information content (AvgIpc) is 3.39. The third-order valence-electron chi connectivity index (χ3n) is 14.4. The summed E-state index contributed by atoms with van der Waals surface area (Å²) in [6.07, 6.45) is 4.20. The number of thioether (sulfide) groups is 1. The molecule has 2 N–H and O–H groups in total. The van der Waals surface area contributed by atoms with Gasteiger partial charge in [0.15, 0.2) is 0 Å². The van der Waals surface area contributed by atoms with Crippen LogP contribution >= 0.6 is 35.3 Å². The van der Waals surface area contributed by atoms with Crippen molar-refractivity contribution in [3.63, 3.8) is 0 Å². The number of nitrogens with one attached hydrogen (secondary N) is 2. The van der Waals surface area contributed by atoms with E-state index in [4.69, 9.17) is 16.3 Å². The minimum absolute atomic E-state index is 0.116. The van der Waals surface area contributed by atoms with E-state index in [1.54, 1.807) is 12.1 Å². The van der Waals surface area contributed by atoms with Crippen molar-refractivity contribution >= 4 is 73.9 Å². The van der Waals surface area contributed by atoms with Crippen molar-refractivity contribution in [3.05, 3.63) is 119 Å². The molecule has 73 heavy (non-hydrogen) atoms. The van der Waals surface area contributed by atoms with Gasteiger partial charge in [-0.1, -0.05) is 61.4 Å². The van der Waals surface area contributed by atoms with Gasteiger partial charge in [0.05, 0.1) is 18.9 Å². The molecule has 3 heterocycles. The van der Waals surface area contributed by atoms with Crippen LogP contribution in [0.3, 0.4) is 0 Å². The topological polar surface area (TPSA) is 118 Å². The maximum atomic E-state index is 14.2. The van der Waals surface area contributed by atoms with E-state index in [0.29, 0.717) is 43.9 Å². The van der Waals surface area contributed by atoms with Crippen molar-refractivity contribution in [2.45, 2.75) is 72.2 Å². The monoisotopic (exact) mass is 1080 g/mol. The zero-order valence-corrected chi connectivity index (χ0v) is 44.9. The van der Waals surface area contributed by atoms with E-state index >= 15 is 0 Å². The number of amides is 2. The van der Waals surface area contributed by atoms with Gasteiger partial charge in [-0.05, 0) is 121 Å². The number of sulfone groups is 1. The van der Waals surface area contributed by atoms with Crippen molar-refractivity contribution in [2.75, 3.05) is 114 Å². The predicted molar refractivity (Wildman–Crippen MR) is 288 cm³/mol. The van der Waals surface area contributed by atoms with Crippen LogP contribution in [0.1, 0.15) is 61.9 Å². The number of anilines is 2. The highest BCUT2D eigenvalue weighted by atomic mass is 35.5. The van der Waals surface area contributed by atoms with Crippen molar-refractivity contribution in [1.82, 2.24) is 24.3 Å². The first-order valence-corrected chi connectivity index (χ1v) is 28.9. The summed E-state index contributed by atoms with van der Waals surface area (Å²) < 4.78 is 77.0. The fourth-order valence-electron chi connectivity index (χ4n) is 10.3. The number of piperazine rings is 2. The first-order valence-electron chi connectivity index (χ1n) is 25.3. The molecule has 4 aromatic rings. The molecule has 4 aliphatic rings. The van der Waals surface area contributed by atoms with Gasteiger partial charge in [0.1, 0.15) is 4.90 Å². The van der Waals surface area contributed by atoms with Gasteiger partial charge in [0, 0.05) is 129 Å². The molecule has 394 valence electrons. The molecule has 0 spiro atoms. The van der Waals surface area contributed by atoms with Crippen LogP contribution in [0.15, 0.2) is 117 Å². The van der Waals surface area contributed by atoms with Gasteiger partial charge < -0.3 is 19.9 Å². The van der Waals surface area contributed by atoms with Crippen LogP contribution in [0.25, 0.3) is 5.57 Å². The summed E-state index contributed by atoms with van der Waals surface area (Å²) in [6, 6.07) is 28.6. The molecule has 8 rings (SSSR count). The second-order valence-corrected chi connectivity index (χ2v) is 24.1. The number of alkyl halides is 3. The maximum absolute atomic E-state index is 14.2. The number of halogens is 4. The Balaban J connectivity index is 0.878. The van der Waals surface area contributed by atoms with Gasteiger partial charge in [-0.15, -0.1) is 11.8 Å². The summed E-state index contributed by atoms with van der Waals surface area (Å²) >= 11 is 8.62. The Kier molecular flexibility index (Phi) is 18.9. The Morgan fingerprint density at radius 2 is 1.51 bits per heavy atom. The fourth-order valence-corrected chi connectivity index (χ4v) is 13.0. The molecule has 0 aromatic heterocycles. The minimum atomic E-state index is -5.77. The van der Waals surface area contributed by atoms with Crippen LogP contribution in [-0.2, 0) is 19.4 Å². The molecule has 0 saturated carbocycles. The molecule has 4 aromatic carbocycles. The Bertz CT molecular complexity index is 2630. The first kappa shape index (κ1) is 55.0. The molecule has 3 fully saturated rings. The molecule has 2 amide bonds. The summed E-state index contributed by atoms with van der Waals surface area (Å²) in [5, 5.41) is 3.88. The van der Waals surface area contributed by atoms with E-state index in [-0.39, 0.29) is 27.9 Å². The van der Waals surface area contributed by atoms with E-state index in [2.05, 4.69) is 48.7 Å². The molecular weight excluding hydrogens is 1020 g/mol. The number of allylic oxidation sites excluding steroid dienone is 1. The van der Waals surface area contributed by atoms with Gasteiger partial charge in [-0.2, -0.15) is 13.2 Å². The zero-order valence-electron chi connectivity index (χ0n) is 41.7. The lowest BCUT2D eigenvalue weighted by molar-refractivity contribution is -0.132. The van der Waals surface area contributed by atoms with Crippen LogP contribution in [0.2, 0.25) is 5.02 Å². The van der Waals surface area contributed by atoms with Crippen molar-refractivity contribution in [2.24, 2.45) is 5.41 Å². The number of rotatable bonds is 19. The largest absolute Gasteiger partial charge is 0.501 e. The maximum Gasteiger partial charge on any atom is 0.501 e. The quantitative estimate of drug-likeness (QED) is 0.0688. The standard InChI is InChI=1S/C54H67ClF3N7O5S3/c1-3-51(66)65-29-25-63(26-30-65)39-53(2)21-19-48(40-9-13-43(55)14-10-40)42(36-53)37-62-23-27-64(28-24-62)45-15-11-41(12-16-45)52(67)60-72-47-17-18-49(50(35-47)73(68,69)54(56,57)58)59-44(20-22-61-31-33-70-34-32-61)38-71-46-7-5-4-6-8-46/h4-18,35,44,59H,3,19-34,36-39H2,1-2H3,(H,60,67)/t44-,53?/m1/s1. The highest BCUT2D eigenvalue weighted by Crippen LogP contribution is 2.44. The summed E-state index contributed by atoms with van der Waals surface area (Å²) in [5.41, 5.74) is -0.126. The molecule has 19 heteroatoms. The third-order valence-corrected chi connectivity index (χ3v) is 18.1. The molecule has 1 aliphatic carbocycles. The van der Waals surface area contributed by atoms with E-state index in [1.807, 2.05) is 66.4 Å².